The highest BCUT2D eigenvalue weighted by molar-refractivity contribution is 7.18. The van der Waals surface area contributed by atoms with Gasteiger partial charge in [0.1, 0.15) is 17.5 Å². The van der Waals surface area contributed by atoms with Crippen LogP contribution in [-0.2, 0) is 7.05 Å². The number of piperidine rings is 1. The van der Waals surface area contributed by atoms with Crippen LogP contribution >= 0.6 is 11.3 Å². The molecule has 0 atom stereocenters. The lowest BCUT2D eigenvalue weighted by atomic mass is 9.97. The topological polar surface area (TPSA) is 81.2 Å². The number of carbonyl (C=O) groups is 1. The van der Waals surface area contributed by atoms with E-state index in [2.05, 4.69) is 11.1 Å². The van der Waals surface area contributed by atoms with Crippen molar-refractivity contribution >= 4 is 38.6 Å². The summed E-state index contributed by atoms with van der Waals surface area (Å²) >= 11 is 1.74. The average molecular weight is 408 g/mol. The van der Waals surface area contributed by atoms with E-state index in [4.69, 9.17) is 9.40 Å². The molecule has 3 aromatic heterocycles. The fourth-order valence-corrected chi connectivity index (χ4v) is 5.13. The summed E-state index contributed by atoms with van der Waals surface area (Å²) in [6.07, 6.45) is 3.12. The molecule has 1 amide bonds. The van der Waals surface area contributed by atoms with E-state index in [9.17, 15) is 9.59 Å². The van der Waals surface area contributed by atoms with Gasteiger partial charge in [-0.3, -0.25) is 9.59 Å². The summed E-state index contributed by atoms with van der Waals surface area (Å²) in [6.45, 7) is 2.97. The van der Waals surface area contributed by atoms with E-state index in [1.54, 1.807) is 25.3 Å². The number of hydrogen-bond acceptors (Lipinski definition) is 6. The number of rotatable bonds is 2. The third-order valence-corrected chi connectivity index (χ3v) is 6.80. The van der Waals surface area contributed by atoms with Crippen LogP contribution in [0.25, 0.3) is 21.3 Å². The number of likely N-dealkylation sites (tertiary alicyclic amines) is 1. The first-order valence-electron chi connectivity index (χ1n) is 9.62. The largest absolute Gasteiger partial charge is 0.442 e. The van der Waals surface area contributed by atoms with Crippen LogP contribution in [0.5, 0.6) is 0 Å². The molecule has 7 nitrogen and oxygen atoms in total. The zero-order valence-corrected chi connectivity index (χ0v) is 17.0. The molecule has 5 rings (SSSR count). The van der Waals surface area contributed by atoms with Crippen LogP contribution in [0.2, 0.25) is 0 Å². The second kappa shape index (κ2) is 6.81. The molecule has 0 aliphatic carbocycles. The molecule has 1 aromatic carbocycles. The van der Waals surface area contributed by atoms with Gasteiger partial charge in [-0.15, -0.1) is 11.3 Å². The zero-order valence-electron chi connectivity index (χ0n) is 16.2. The number of fused-ring (bicyclic) bond motifs is 2. The highest BCUT2D eigenvalue weighted by Crippen LogP contribution is 2.34. The summed E-state index contributed by atoms with van der Waals surface area (Å²) in [5.41, 5.74) is 1.33. The zero-order chi connectivity index (χ0) is 20.1. The van der Waals surface area contributed by atoms with Gasteiger partial charge in [0.2, 0.25) is 5.71 Å². The molecular formula is C21H20N4O3S. The predicted octanol–water partition coefficient (Wildman–Crippen LogP) is 3.46. The molecule has 1 saturated heterocycles. The number of benzene rings is 1. The van der Waals surface area contributed by atoms with Crippen molar-refractivity contribution in [1.29, 1.82) is 0 Å². The van der Waals surface area contributed by atoms with Gasteiger partial charge < -0.3 is 13.9 Å². The minimum Gasteiger partial charge on any atom is -0.442 e. The number of carbonyl (C=O) groups excluding carboxylic acids is 1. The van der Waals surface area contributed by atoms with Crippen molar-refractivity contribution in [2.45, 2.75) is 25.7 Å². The first kappa shape index (κ1) is 18.1. The Hall–Kier alpha value is -3.00. The molecule has 4 heterocycles. The Balaban J connectivity index is 1.39. The molecule has 0 saturated carbocycles. The Labute approximate surface area is 170 Å². The number of thiazole rings is 1. The van der Waals surface area contributed by atoms with Gasteiger partial charge in [-0.1, -0.05) is 12.1 Å². The lowest BCUT2D eigenvalue weighted by Gasteiger charge is -2.31. The number of hydrogen-bond donors (Lipinski definition) is 0. The third kappa shape index (κ3) is 2.95. The van der Waals surface area contributed by atoms with Crippen LogP contribution in [0.1, 0.15) is 39.9 Å². The number of para-hydroxylation sites is 1. The van der Waals surface area contributed by atoms with E-state index >= 15 is 0 Å². The lowest BCUT2D eigenvalue weighted by molar-refractivity contribution is 0.0713. The van der Waals surface area contributed by atoms with Gasteiger partial charge in [0, 0.05) is 26.1 Å². The van der Waals surface area contributed by atoms with E-state index in [0.29, 0.717) is 30.3 Å². The van der Waals surface area contributed by atoms with Gasteiger partial charge in [0.25, 0.3) is 11.5 Å². The van der Waals surface area contributed by atoms with Crippen molar-refractivity contribution in [3.05, 3.63) is 57.3 Å². The standard InChI is InChI=1S/C21H20N4O3S/c1-12-16(17-18(28-12)22-11-24(2)20(17)26)21(27)25-9-7-13(8-10-25)19-23-14-5-3-4-6-15(14)29-19/h3-6,11,13H,7-10H2,1-2H3. The lowest BCUT2D eigenvalue weighted by Crippen LogP contribution is -2.38. The predicted molar refractivity (Wildman–Crippen MR) is 111 cm³/mol. The van der Waals surface area contributed by atoms with E-state index in [1.165, 1.54) is 15.6 Å². The van der Waals surface area contributed by atoms with Crippen molar-refractivity contribution in [2.24, 2.45) is 7.05 Å². The Kier molecular flexibility index (Phi) is 4.24. The van der Waals surface area contributed by atoms with Crippen molar-refractivity contribution in [2.75, 3.05) is 13.1 Å². The van der Waals surface area contributed by atoms with Crippen molar-refractivity contribution in [3.8, 4) is 0 Å². The number of furan rings is 1. The van der Waals surface area contributed by atoms with Crippen LogP contribution in [0.4, 0.5) is 0 Å². The number of aromatic nitrogens is 3. The van der Waals surface area contributed by atoms with Gasteiger partial charge in [0.05, 0.1) is 20.8 Å². The molecule has 1 aliphatic heterocycles. The minimum absolute atomic E-state index is 0.158. The summed E-state index contributed by atoms with van der Waals surface area (Å²) in [6, 6.07) is 8.16. The number of amides is 1. The van der Waals surface area contributed by atoms with E-state index < -0.39 is 0 Å². The van der Waals surface area contributed by atoms with Crippen LogP contribution in [-0.4, -0.2) is 38.4 Å². The van der Waals surface area contributed by atoms with E-state index in [0.717, 1.165) is 23.4 Å². The SMILES string of the molecule is Cc1oc2ncn(C)c(=O)c2c1C(=O)N1CCC(c2nc3ccccc3s2)CC1. The molecule has 4 aromatic rings. The Morgan fingerprint density at radius 2 is 2.00 bits per heavy atom. The van der Waals surface area contributed by atoms with Crippen LogP contribution in [0.3, 0.4) is 0 Å². The smallest absolute Gasteiger partial charge is 0.265 e. The van der Waals surface area contributed by atoms with Crippen molar-refractivity contribution in [1.82, 2.24) is 19.4 Å². The van der Waals surface area contributed by atoms with E-state index in [-0.39, 0.29) is 22.6 Å². The Morgan fingerprint density at radius 3 is 2.76 bits per heavy atom. The van der Waals surface area contributed by atoms with Gasteiger partial charge in [-0.25, -0.2) is 9.97 Å². The molecule has 1 aliphatic rings. The highest BCUT2D eigenvalue weighted by Gasteiger charge is 2.30. The highest BCUT2D eigenvalue weighted by atomic mass is 32.1. The van der Waals surface area contributed by atoms with Gasteiger partial charge in [-0.05, 0) is 31.9 Å². The van der Waals surface area contributed by atoms with Gasteiger partial charge >= 0.3 is 0 Å². The van der Waals surface area contributed by atoms with E-state index in [1.807, 2.05) is 23.1 Å². The molecular weight excluding hydrogens is 388 g/mol. The fraction of sp³-hybridized carbons (Fsp3) is 0.333. The summed E-state index contributed by atoms with van der Waals surface area (Å²) in [5, 5.41) is 1.41. The minimum atomic E-state index is -0.264. The quantitative estimate of drug-likeness (QED) is 0.507. The van der Waals surface area contributed by atoms with Crippen molar-refractivity contribution < 1.29 is 9.21 Å². The fourth-order valence-electron chi connectivity index (χ4n) is 4.00. The van der Waals surface area contributed by atoms with Crippen LogP contribution in [0, 0.1) is 6.92 Å². The normalized spacial score (nSPS) is 15.4. The first-order chi connectivity index (χ1) is 14.0. The maximum atomic E-state index is 13.2. The maximum Gasteiger partial charge on any atom is 0.265 e. The number of nitrogens with zero attached hydrogens (tertiary/aromatic N) is 4. The monoisotopic (exact) mass is 408 g/mol. The summed E-state index contributed by atoms with van der Waals surface area (Å²) < 4.78 is 8.16. The summed E-state index contributed by atoms with van der Waals surface area (Å²) in [7, 11) is 1.62. The van der Waals surface area contributed by atoms with Crippen LogP contribution < -0.4 is 5.56 Å². The first-order valence-corrected chi connectivity index (χ1v) is 10.4. The maximum absolute atomic E-state index is 13.2. The Bertz CT molecular complexity index is 1260. The second-order valence-electron chi connectivity index (χ2n) is 7.46. The number of aryl methyl sites for hydroxylation is 2. The molecule has 148 valence electrons. The van der Waals surface area contributed by atoms with Gasteiger partial charge in [-0.2, -0.15) is 0 Å². The molecule has 0 bridgehead atoms. The summed E-state index contributed by atoms with van der Waals surface area (Å²) in [5.74, 6) is 0.636. The molecule has 8 heteroatoms. The molecule has 29 heavy (non-hydrogen) atoms. The molecule has 0 radical (unpaired) electrons. The third-order valence-electron chi connectivity index (χ3n) is 5.60. The molecule has 0 N–H and O–H groups in total. The van der Waals surface area contributed by atoms with Gasteiger partial charge in [0.15, 0.2) is 0 Å². The molecule has 0 spiro atoms. The average Bonchev–Trinajstić information content (AvgIpc) is 3.31. The van der Waals surface area contributed by atoms with Crippen LogP contribution in [0.15, 0.2) is 39.8 Å². The second-order valence-corrected chi connectivity index (χ2v) is 8.52. The molecule has 1 fully saturated rings. The Morgan fingerprint density at radius 1 is 1.24 bits per heavy atom. The van der Waals surface area contributed by atoms with Crippen molar-refractivity contribution in [3.63, 3.8) is 0 Å². The summed E-state index contributed by atoms with van der Waals surface area (Å²) in [4.78, 5) is 36.5. The molecule has 0 unspecified atom stereocenters.